The van der Waals surface area contributed by atoms with Crippen LogP contribution in [0.15, 0.2) is 29.6 Å². The predicted molar refractivity (Wildman–Crippen MR) is 68.7 cm³/mol. The summed E-state index contributed by atoms with van der Waals surface area (Å²) in [6.45, 7) is 1.38. The van der Waals surface area contributed by atoms with Gasteiger partial charge in [-0.25, -0.2) is 4.39 Å². The van der Waals surface area contributed by atoms with Crippen LogP contribution in [0.25, 0.3) is 11.1 Å². The van der Waals surface area contributed by atoms with Gasteiger partial charge in [-0.1, -0.05) is 12.1 Å². The van der Waals surface area contributed by atoms with Crippen molar-refractivity contribution < 1.29 is 9.18 Å². The Morgan fingerprint density at radius 3 is 2.61 bits per heavy atom. The van der Waals surface area contributed by atoms with E-state index in [0.717, 1.165) is 11.1 Å². The number of rotatable bonds is 2. The maximum atomic E-state index is 12.9. The fraction of sp³-hybridized carbons (Fsp3) is 0.0769. The lowest BCUT2D eigenvalue weighted by Crippen LogP contribution is -2.06. The molecular weight excluding hydrogens is 251 g/mol. The van der Waals surface area contributed by atoms with Crippen LogP contribution in [0.2, 0.25) is 0 Å². The highest BCUT2D eigenvalue weighted by Crippen LogP contribution is 2.35. The molecule has 0 fully saturated rings. The first-order valence-corrected chi connectivity index (χ1v) is 6.05. The van der Waals surface area contributed by atoms with Gasteiger partial charge in [-0.15, -0.1) is 11.3 Å². The first-order chi connectivity index (χ1) is 8.61. The summed E-state index contributed by atoms with van der Waals surface area (Å²) >= 11 is 1.25. The molecule has 0 aliphatic carbocycles. The van der Waals surface area contributed by atoms with Crippen molar-refractivity contribution in [1.82, 2.24) is 0 Å². The van der Waals surface area contributed by atoms with E-state index in [1.165, 1.54) is 30.4 Å². The van der Waals surface area contributed by atoms with Gasteiger partial charge in [0.2, 0.25) is 5.91 Å². The van der Waals surface area contributed by atoms with Gasteiger partial charge in [0, 0.05) is 17.9 Å². The van der Waals surface area contributed by atoms with Crippen LogP contribution in [0.4, 0.5) is 10.1 Å². The van der Waals surface area contributed by atoms with Gasteiger partial charge < -0.3 is 5.32 Å². The van der Waals surface area contributed by atoms with E-state index in [-0.39, 0.29) is 11.7 Å². The van der Waals surface area contributed by atoms with Gasteiger partial charge in [0.05, 0.1) is 5.69 Å². The highest BCUT2D eigenvalue weighted by atomic mass is 32.1. The fourth-order valence-electron chi connectivity index (χ4n) is 1.58. The summed E-state index contributed by atoms with van der Waals surface area (Å²) in [6.07, 6.45) is 0. The van der Waals surface area contributed by atoms with Gasteiger partial charge in [-0.2, -0.15) is 5.26 Å². The second-order valence-corrected chi connectivity index (χ2v) is 4.53. The van der Waals surface area contributed by atoms with E-state index in [2.05, 4.69) is 5.32 Å². The average molecular weight is 260 g/mol. The van der Waals surface area contributed by atoms with Crippen LogP contribution in [-0.2, 0) is 4.79 Å². The third-order valence-electron chi connectivity index (χ3n) is 2.35. The summed E-state index contributed by atoms with van der Waals surface area (Å²) in [6, 6.07) is 7.95. The van der Waals surface area contributed by atoms with Crippen LogP contribution >= 0.6 is 11.3 Å². The molecule has 0 radical (unpaired) electrons. The Labute approximate surface area is 107 Å². The maximum Gasteiger partial charge on any atom is 0.221 e. The van der Waals surface area contributed by atoms with Gasteiger partial charge in [-0.05, 0) is 17.7 Å². The van der Waals surface area contributed by atoms with Crippen LogP contribution in [0.1, 0.15) is 11.8 Å². The SMILES string of the molecule is CC(=O)Nc1c(-c2ccc(F)cc2)csc1C#N. The minimum Gasteiger partial charge on any atom is -0.324 e. The number of carbonyl (C=O) groups is 1. The summed E-state index contributed by atoms with van der Waals surface area (Å²) in [4.78, 5) is 11.6. The normalized spacial score (nSPS) is 9.83. The lowest BCUT2D eigenvalue weighted by molar-refractivity contribution is -0.114. The van der Waals surface area contributed by atoms with Crippen LogP contribution < -0.4 is 5.32 Å². The zero-order valence-electron chi connectivity index (χ0n) is 9.53. The standard InChI is InChI=1S/C13H9FN2OS/c1-8(17)16-13-11(7-18-12(13)6-15)9-2-4-10(14)5-3-9/h2-5,7H,1H3,(H,16,17). The summed E-state index contributed by atoms with van der Waals surface area (Å²) < 4.78 is 12.9. The Bertz CT molecular complexity index is 625. The molecule has 0 saturated carbocycles. The molecule has 2 aromatic rings. The summed E-state index contributed by atoms with van der Waals surface area (Å²) in [5, 5.41) is 13.4. The van der Waals surface area contributed by atoms with Gasteiger partial charge in [0.15, 0.2) is 0 Å². The zero-order valence-corrected chi connectivity index (χ0v) is 10.3. The van der Waals surface area contributed by atoms with Crippen molar-refractivity contribution >= 4 is 22.9 Å². The number of hydrogen-bond acceptors (Lipinski definition) is 3. The van der Waals surface area contributed by atoms with Gasteiger partial charge in [0.25, 0.3) is 0 Å². The highest BCUT2D eigenvalue weighted by molar-refractivity contribution is 7.11. The average Bonchev–Trinajstić information content (AvgIpc) is 2.72. The summed E-state index contributed by atoms with van der Waals surface area (Å²) in [7, 11) is 0. The molecule has 0 spiro atoms. The van der Waals surface area contributed by atoms with E-state index in [1.807, 2.05) is 6.07 Å². The molecule has 0 unspecified atom stereocenters. The second kappa shape index (κ2) is 4.98. The van der Waals surface area contributed by atoms with Crippen molar-refractivity contribution in [2.45, 2.75) is 6.92 Å². The quantitative estimate of drug-likeness (QED) is 0.899. The van der Waals surface area contributed by atoms with Gasteiger partial charge in [-0.3, -0.25) is 4.79 Å². The molecule has 0 atom stereocenters. The van der Waals surface area contributed by atoms with Gasteiger partial charge >= 0.3 is 0 Å². The topological polar surface area (TPSA) is 52.9 Å². The first-order valence-electron chi connectivity index (χ1n) is 5.17. The number of anilines is 1. The van der Waals surface area contributed by atoms with Crippen LogP contribution in [0.5, 0.6) is 0 Å². The molecule has 90 valence electrons. The highest BCUT2D eigenvalue weighted by Gasteiger charge is 2.14. The molecule has 5 heteroatoms. The van der Waals surface area contributed by atoms with E-state index in [4.69, 9.17) is 5.26 Å². The summed E-state index contributed by atoms with van der Waals surface area (Å²) in [5.41, 5.74) is 1.98. The lowest BCUT2D eigenvalue weighted by atomic mass is 10.1. The molecule has 0 aliphatic rings. The minimum absolute atomic E-state index is 0.242. The van der Waals surface area contributed by atoms with E-state index in [0.29, 0.717) is 10.6 Å². The van der Waals surface area contributed by atoms with E-state index < -0.39 is 0 Å². The Kier molecular flexibility index (Phi) is 3.40. The Morgan fingerprint density at radius 2 is 2.06 bits per heavy atom. The van der Waals surface area contributed by atoms with Crippen molar-refractivity contribution in [3.05, 3.63) is 40.3 Å². The Morgan fingerprint density at radius 1 is 1.39 bits per heavy atom. The number of nitrogens with one attached hydrogen (secondary N) is 1. The molecule has 0 saturated heterocycles. The number of halogens is 1. The first kappa shape index (κ1) is 12.3. The van der Waals surface area contributed by atoms with Crippen molar-refractivity contribution in [2.24, 2.45) is 0 Å². The van der Waals surface area contributed by atoms with Crippen LogP contribution in [0.3, 0.4) is 0 Å². The van der Waals surface area contributed by atoms with Crippen molar-refractivity contribution in [2.75, 3.05) is 5.32 Å². The van der Waals surface area contributed by atoms with E-state index >= 15 is 0 Å². The molecule has 1 N–H and O–H groups in total. The number of carbonyl (C=O) groups excluding carboxylic acids is 1. The molecule has 1 amide bonds. The number of amides is 1. The number of hydrogen-bond donors (Lipinski definition) is 1. The third kappa shape index (κ3) is 2.39. The fourth-order valence-corrected chi connectivity index (χ4v) is 2.40. The molecule has 0 aliphatic heterocycles. The predicted octanol–water partition coefficient (Wildman–Crippen LogP) is 3.38. The molecular formula is C13H9FN2OS. The van der Waals surface area contributed by atoms with Crippen LogP contribution in [-0.4, -0.2) is 5.91 Å². The van der Waals surface area contributed by atoms with Crippen molar-refractivity contribution in [1.29, 1.82) is 5.26 Å². The third-order valence-corrected chi connectivity index (χ3v) is 3.23. The number of thiophene rings is 1. The largest absolute Gasteiger partial charge is 0.324 e. The molecule has 18 heavy (non-hydrogen) atoms. The lowest BCUT2D eigenvalue weighted by Gasteiger charge is -2.05. The van der Waals surface area contributed by atoms with Gasteiger partial charge in [0.1, 0.15) is 16.8 Å². The minimum atomic E-state index is -0.324. The Balaban J connectivity index is 2.51. The Hall–Kier alpha value is -2.19. The van der Waals surface area contributed by atoms with E-state index in [9.17, 15) is 9.18 Å². The molecule has 3 nitrogen and oxygen atoms in total. The second-order valence-electron chi connectivity index (χ2n) is 3.65. The van der Waals surface area contributed by atoms with Crippen molar-refractivity contribution in [3.63, 3.8) is 0 Å². The number of nitrogens with zero attached hydrogens (tertiary/aromatic N) is 1. The van der Waals surface area contributed by atoms with Crippen molar-refractivity contribution in [3.8, 4) is 17.2 Å². The number of nitriles is 1. The molecule has 1 aromatic heterocycles. The monoisotopic (exact) mass is 260 g/mol. The molecule has 1 heterocycles. The number of benzene rings is 1. The zero-order chi connectivity index (χ0) is 13.1. The molecule has 1 aromatic carbocycles. The smallest absolute Gasteiger partial charge is 0.221 e. The van der Waals surface area contributed by atoms with E-state index in [1.54, 1.807) is 17.5 Å². The maximum absolute atomic E-state index is 12.9. The van der Waals surface area contributed by atoms with Crippen LogP contribution in [0, 0.1) is 17.1 Å². The molecule has 0 bridgehead atoms. The summed E-state index contributed by atoms with van der Waals surface area (Å²) in [5.74, 6) is -0.566. The molecule has 2 rings (SSSR count).